The summed E-state index contributed by atoms with van der Waals surface area (Å²) in [7, 11) is -3.98. The molecule has 0 bridgehead atoms. The number of nitrogens with one attached hydrogen (secondary N) is 1. The third-order valence-electron chi connectivity index (χ3n) is 4.08. The number of rotatable bonds is 5. The van der Waals surface area contributed by atoms with Crippen molar-refractivity contribution in [1.29, 1.82) is 0 Å². The average molecular weight is 377 g/mol. The molecule has 0 aliphatic rings. The SMILES string of the molecule is Cc1nn(-c2ccccc2)c(C)c1CNS(=O)(=O)c1ccc(F)c(F)c1. The van der Waals surface area contributed by atoms with Crippen LogP contribution in [-0.2, 0) is 16.6 Å². The predicted molar refractivity (Wildman–Crippen MR) is 93.4 cm³/mol. The minimum Gasteiger partial charge on any atom is -0.238 e. The summed E-state index contributed by atoms with van der Waals surface area (Å²) in [5.41, 5.74) is 3.06. The summed E-state index contributed by atoms with van der Waals surface area (Å²) in [5.74, 6) is -2.31. The van der Waals surface area contributed by atoms with Crippen LogP contribution in [0.15, 0.2) is 53.4 Å². The van der Waals surface area contributed by atoms with Gasteiger partial charge in [-0.25, -0.2) is 26.6 Å². The van der Waals surface area contributed by atoms with Crippen LogP contribution in [0.5, 0.6) is 0 Å². The lowest BCUT2D eigenvalue weighted by Gasteiger charge is -2.08. The molecule has 0 amide bonds. The van der Waals surface area contributed by atoms with Crippen molar-refractivity contribution in [3.05, 3.63) is 77.1 Å². The molecular formula is C18H17F2N3O2S. The molecule has 26 heavy (non-hydrogen) atoms. The maximum atomic E-state index is 13.3. The molecule has 5 nitrogen and oxygen atoms in total. The van der Waals surface area contributed by atoms with Crippen molar-refractivity contribution in [3.8, 4) is 5.69 Å². The van der Waals surface area contributed by atoms with Gasteiger partial charge in [0, 0.05) is 17.8 Å². The Morgan fingerprint density at radius 1 is 1.04 bits per heavy atom. The average Bonchev–Trinajstić information content (AvgIpc) is 2.90. The fraction of sp³-hybridized carbons (Fsp3) is 0.167. The molecule has 1 heterocycles. The molecule has 8 heteroatoms. The number of aryl methyl sites for hydroxylation is 1. The molecule has 0 saturated carbocycles. The number of sulfonamides is 1. The van der Waals surface area contributed by atoms with E-state index in [2.05, 4.69) is 9.82 Å². The molecule has 136 valence electrons. The number of halogens is 2. The molecular weight excluding hydrogens is 360 g/mol. The van der Waals surface area contributed by atoms with E-state index in [0.717, 1.165) is 29.1 Å². The Kier molecular flexibility index (Phi) is 4.88. The van der Waals surface area contributed by atoms with Gasteiger partial charge >= 0.3 is 0 Å². The van der Waals surface area contributed by atoms with Crippen LogP contribution in [0, 0.1) is 25.5 Å². The summed E-state index contributed by atoms with van der Waals surface area (Å²) in [6.07, 6.45) is 0. The normalized spacial score (nSPS) is 11.7. The van der Waals surface area contributed by atoms with Gasteiger partial charge < -0.3 is 0 Å². The van der Waals surface area contributed by atoms with Gasteiger partial charge in [-0.05, 0) is 44.2 Å². The lowest BCUT2D eigenvalue weighted by molar-refractivity contribution is 0.504. The van der Waals surface area contributed by atoms with Crippen LogP contribution in [0.25, 0.3) is 5.69 Å². The van der Waals surface area contributed by atoms with E-state index < -0.39 is 21.7 Å². The van der Waals surface area contributed by atoms with Crippen molar-refractivity contribution in [2.75, 3.05) is 0 Å². The zero-order valence-corrected chi connectivity index (χ0v) is 15.0. The van der Waals surface area contributed by atoms with Crippen molar-refractivity contribution in [2.45, 2.75) is 25.3 Å². The van der Waals surface area contributed by atoms with Crippen molar-refractivity contribution in [1.82, 2.24) is 14.5 Å². The minimum absolute atomic E-state index is 0.00811. The van der Waals surface area contributed by atoms with E-state index >= 15 is 0 Å². The molecule has 1 aromatic heterocycles. The zero-order valence-electron chi connectivity index (χ0n) is 14.2. The van der Waals surface area contributed by atoms with E-state index in [-0.39, 0.29) is 11.4 Å². The lowest BCUT2D eigenvalue weighted by Crippen LogP contribution is -2.24. The maximum absolute atomic E-state index is 13.3. The van der Waals surface area contributed by atoms with E-state index in [9.17, 15) is 17.2 Å². The van der Waals surface area contributed by atoms with Gasteiger partial charge in [-0.15, -0.1) is 0 Å². The second-order valence-corrected chi connectivity index (χ2v) is 7.56. The van der Waals surface area contributed by atoms with Gasteiger partial charge in [0.1, 0.15) is 0 Å². The first-order valence-corrected chi connectivity index (χ1v) is 9.33. The molecule has 0 unspecified atom stereocenters. The predicted octanol–water partition coefficient (Wildman–Crippen LogP) is 3.25. The lowest BCUT2D eigenvalue weighted by atomic mass is 10.2. The van der Waals surface area contributed by atoms with Gasteiger partial charge in [-0.1, -0.05) is 18.2 Å². The molecule has 0 fully saturated rings. The summed E-state index contributed by atoms with van der Waals surface area (Å²) in [5, 5.41) is 4.45. The number of nitrogens with zero attached hydrogens (tertiary/aromatic N) is 2. The van der Waals surface area contributed by atoms with Gasteiger partial charge in [-0.2, -0.15) is 5.10 Å². The second-order valence-electron chi connectivity index (χ2n) is 5.80. The highest BCUT2D eigenvalue weighted by atomic mass is 32.2. The monoisotopic (exact) mass is 377 g/mol. The second kappa shape index (κ2) is 6.97. The Morgan fingerprint density at radius 2 is 1.73 bits per heavy atom. The summed E-state index contributed by atoms with van der Waals surface area (Å²) < 4.78 is 55.1. The van der Waals surface area contributed by atoms with Gasteiger partial charge in [0.25, 0.3) is 0 Å². The molecule has 0 radical (unpaired) electrons. The van der Waals surface area contributed by atoms with Gasteiger partial charge in [0.2, 0.25) is 10.0 Å². The topological polar surface area (TPSA) is 64.0 Å². The Balaban J connectivity index is 1.86. The zero-order chi connectivity index (χ0) is 18.9. The molecule has 0 spiro atoms. The van der Waals surface area contributed by atoms with Gasteiger partial charge in [0.05, 0.1) is 16.3 Å². The van der Waals surface area contributed by atoms with Gasteiger partial charge in [-0.3, -0.25) is 0 Å². The van der Waals surface area contributed by atoms with Crippen LogP contribution in [-0.4, -0.2) is 18.2 Å². The fourth-order valence-electron chi connectivity index (χ4n) is 2.65. The first-order valence-electron chi connectivity index (χ1n) is 7.85. The Morgan fingerprint density at radius 3 is 2.38 bits per heavy atom. The summed E-state index contributed by atoms with van der Waals surface area (Å²) in [4.78, 5) is -0.331. The van der Waals surface area contributed by atoms with Crippen LogP contribution < -0.4 is 4.72 Å². The molecule has 0 atom stereocenters. The largest absolute Gasteiger partial charge is 0.240 e. The van der Waals surface area contributed by atoms with E-state index in [4.69, 9.17) is 0 Å². The Hall–Kier alpha value is -2.58. The summed E-state index contributed by atoms with van der Waals surface area (Å²) in [6.45, 7) is 3.62. The third kappa shape index (κ3) is 3.51. The first-order chi connectivity index (χ1) is 12.3. The summed E-state index contributed by atoms with van der Waals surface area (Å²) >= 11 is 0. The highest BCUT2D eigenvalue weighted by Crippen LogP contribution is 2.19. The van der Waals surface area contributed by atoms with Crippen LogP contribution in [0.1, 0.15) is 17.0 Å². The van der Waals surface area contributed by atoms with E-state index in [1.165, 1.54) is 0 Å². The van der Waals surface area contributed by atoms with Crippen molar-refractivity contribution >= 4 is 10.0 Å². The molecule has 1 N–H and O–H groups in total. The number of benzene rings is 2. The first kappa shape index (κ1) is 18.2. The van der Waals surface area contributed by atoms with Crippen molar-refractivity contribution in [2.24, 2.45) is 0 Å². The Labute approximate surface area is 150 Å². The number of hydrogen-bond acceptors (Lipinski definition) is 3. The Bertz CT molecular complexity index is 1050. The number of hydrogen-bond donors (Lipinski definition) is 1. The van der Waals surface area contributed by atoms with Crippen LogP contribution in [0.4, 0.5) is 8.78 Å². The maximum Gasteiger partial charge on any atom is 0.240 e. The van der Waals surface area contributed by atoms with Gasteiger partial charge in [0.15, 0.2) is 11.6 Å². The van der Waals surface area contributed by atoms with Crippen LogP contribution >= 0.6 is 0 Å². The quantitative estimate of drug-likeness (QED) is 0.742. The number of aromatic nitrogens is 2. The number of para-hydroxylation sites is 1. The highest BCUT2D eigenvalue weighted by Gasteiger charge is 2.19. The van der Waals surface area contributed by atoms with E-state index in [1.54, 1.807) is 11.6 Å². The van der Waals surface area contributed by atoms with E-state index in [0.29, 0.717) is 11.8 Å². The molecule has 3 aromatic rings. The molecule has 0 aliphatic carbocycles. The van der Waals surface area contributed by atoms with Crippen LogP contribution in [0.2, 0.25) is 0 Å². The minimum atomic E-state index is -3.98. The molecule has 0 saturated heterocycles. The molecule has 2 aromatic carbocycles. The molecule has 3 rings (SSSR count). The standard InChI is InChI=1S/C18H17F2N3O2S/c1-12-16(13(2)23(22-12)14-6-4-3-5-7-14)11-21-26(24,25)15-8-9-17(19)18(20)10-15/h3-10,21H,11H2,1-2H3. The molecule has 0 aliphatic heterocycles. The van der Waals surface area contributed by atoms with E-state index in [1.807, 2.05) is 37.3 Å². The smallest absolute Gasteiger partial charge is 0.238 e. The highest BCUT2D eigenvalue weighted by molar-refractivity contribution is 7.89. The van der Waals surface area contributed by atoms with Crippen molar-refractivity contribution in [3.63, 3.8) is 0 Å². The summed E-state index contributed by atoms with van der Waals surface area (Å²) in [6, 6.07) is 11.9. The third-order valence-corrected chi connectivity index (χ3v) is 5.48. The fourth-order valence-corrected chi connectivity index (χ4v) is 3.65. The van der Waals surface area contributed by atoms with Crippen LogP contribution in [0.3, 0.4) is 0 Å². The van der Waals surface area contributed by atoms with Crippen molar-refractivity contribution < 1.29 is 17.2 Å².